The third-order valence-electron chi connectivity index (χ3n) is 5.37. The average Bonchev–Trinajstić information content (AvgIpc) is 2.97. The lowest BCUT2D eigenvalue weighted by atomic mass is 9.98. The number of aryl methyl sites for hydroxylation is 1. The highest BCUT2D eigenvalue weighted by atomic mass is 16.5. The van der Waals surface area contributed by atoms with Gasteiger partial charge in [-0.25, -0.2) is 4.68 Å². The van der Waals surface area contributed by atoms with E-state index >= 15 is 0 Å². The lowest BCUT2D eigenvalue weighted by molar-refractivity contribution is 0.0817. The third kappa shape index (κ3) is 5.44. The number of unbranched alkanes of at least 4 members (excludes halogenated alkanes) is 3. The Morgan fingerprint density at radius 1 is 1.15 bits per heavy atom. The highest BCUT2D eigenvalue weighted by Crippen LogP contribution is 2.28. The molecule has 0 aliphatic rings. The predicted molar refractivity (Wildman–Crippen MR) is 111 cm³/mol. The van der Waals surface area contributed by atoms with E-state index in [2.05, 4.69) is 31.9 Å². The molecule has 0 radical (unpaired) electrons. The summed E-state index contributed by atoms with van der Waals surface area (Å²) in [5.74, 6) is 1.08. The smallest absolute Gasteiger partial charge is 0.284 e. The van der Waals surface area contributed by atoms with Crippen LogP contribution in [0, 0.1) is 13.8 Å². The van der Waals surface area contributed by atoms with Gasteiger partial charge >= 0.3 is 0 Å². The quantitative estimate of drug-likeness (QED) is 0.492. The van der Waals surface area contributed by atoms with Crippen molar-refractivity contribution in [2.45, 2.75) is 79.1 Å². The minimum Gasteiger partial charge on any atom is -0.483 e. The van der Waals surface area contributed by atoms with Crippen LogP contribution in [-0.4, -0.2) is 22.3 Å². The number of aromatic nitrogens is 2. The van der Waals surface area contributed by atoms with Crippen LogP contribution in [0.4, 0.5) is 0 Å². The highest BCUT2D eigenvalue weighted by molar-refractivity contribution is 5.80. The SMILES string of the molecule is CCCCCCc1c(C)nn(C(=O)COc2ccccc2C(C)CC)c1C. The maximum atomic E-state index is 12.7. The molecule has 0 saturated heterocycles. The Morgan fingerprint density at radius 3 is 2.59 bits per heavy atom. The number of hydrogen-bond acceptors (Lipinski definition) is 3. The molecule has 148 valence electrons. The van der Waals surface area contributed by atoms with Crippen molar-refractivity contribution in [2.24, 2.45) is 0 Å². The van der Waals surface area contributed by atoms with Crippen molar-refractivity contribution < 1.29 is 9.53 Å². The lowest BCUT2D eigenvalue weighted by Crippen LogP contribution is -2.22. The Kier molecular flexibility index (Phi) is 8.08. The second kappa shape index (κ2) is 10.3. The predicted octanol–water partition coefficient (Wildman–Crippen LogP) is 5.86. The summed E-state index contributed by atoms with van der Waals surface area (Å²) in [6.07, 6.45) is 6.88. The topological polar surface area (TPSA) is 44.1 Å². The molecule has 0 saturated carbocycles. The normalized spacial score (nSPS) is 12.2. The maximum Gasteiger partial charge on any atom is 0.284 e. The number of rotatable bonds is 10. The van der Waals surface area contributed by atoms with Crippen molar-refractivity contribution in [3.8, 4) is 5.75 Å². The first kappa shape index (κ1) is 21.2. The number of para-hydroxylation sites is 1. The molecule has 1 aromatic carbocycles. The van der Waals surface area contributed by atoms with Gasteiger partial charge < -0.3 is 4.74 Å². The fraction of sp³-hybridized carbons (Fsp3) is 0.565. The summed E-state index contributed by atoms with van der Waals surface area (Å²) in [5.41, 5.74) is 4.27. The molecule has 0 bridgehead atoms. The van der Waals surface area contributed by atoms with E-state index in [1.54, 1.807) is 0 Å². The molecule has 0 N–H and O–H groups in total. The van der Waals surface area contributed by atoms with Gasteiger partial charge in [0.1, 0.15) is 5.75 Å². The van der Waals surface area contributed by atoms with Crippen LogP contribution in [0.15, 0.2) is 24.3 Å². The van der Waals surface area contributed by atoms with E-state index in [1.165, 1.54) is 29.5 Å². The lowest BCUT2D eigenvalue weighted by Gasteiger charge is -2.15. The number of carbonyl (C=O) groups excluding carboxylic acids is 1. The molecule has 1 aromatic heterocycles. The van der Waals surface area contributed by atoms with Gasteiger partial charge in [-0.05, 0) is 56.2 Å². The molecule has 2 aromatic rings. The number of nitrogens with zero attached hydrogens (tertiary/aromatic N) is 2. The minimum absolute atomic E-state index is 0.00465. The van der Waals surface area contributed by atoms with Crippen LogP contribution in [0.1, 0.15) is 86.1 Å². The number of ether oxygens (including phenoxy) is 1. The summed E-state index contributed by atoms with van der Waals surface area (Å²) in [7, 11) is 0. The van der Waals surface area contributed by atoms with Crippen molar-refractivity contribution in [3.05, 3.63) is 46.8 Å². The number of benzene rings is 1. The van der Waals surface area contributed by atoms with Gasteiger partial charge in [-0.3, -0.25) is 4.79 Å². The van der Waals surface area contributed by atoms with Gasteiger partial charge in [0.2, 0.25) is 0 Å². The molecular weight excluding hydrogens is 336 g/mol. The van der Waals surface area contributed by atoms with Crippen LogP contribution in [-0.2, 0) is 6.42 Å². The maximum absolute atomic E-state index is 12.7. The Balaban J connectivity index is 2.05. The van der Waals surface area contributed by atoms with Crippen LogP contribution < -0.4 is 4.74 Å². The van der Waals surface area contributed by atoms with Gasteiger partial charge in [0.25, 0.3) is 5.91 Å². The molecule has 1 atom stereocenters. The van der Waals surface area contributed by atoms with Crippen molar-refractivity contribution >= 4 is 5.91 Å². The first-order valence-electron chi connectivity index (χ1n) is 10.3. The summed E-state index contributed by atoms with van der Waals surface area (Å²) >= 11 is 0. The zero-order valence-corrected chi connectivity index (χ0v) is 17.5. The molecule has 0 aliphatic heterocycles. The van der Waals surface area contributed by atoms with Gasteiger partial charge in [0.05, 0.1) is 5.69 Å². The molecular formula is C23H34N2O2. The zero-order chi connectivity index (χ0) is 19.8. The van der Waals surface area contributed by atoms with E-state index in [1.807, 2.05) is 32.0 Å². The van der Waals surface area contributed by atoms with Gasteiger partial charge in [0.15, 0.2) is 6.61 Å². The molecule has 4 heteroatoms. The Labute approximate surface area is 163 Å². The molecule has 1 unspecified atom stereocenters. The monoisotopic (exact) mass is 370 g/mol. The molecule has 0 fully saturated rings. The molecule has 0 spiro atoms. The fourth-order valence-electron chi connectivity index (χ4n) is 3.45. The molecule has 0 amide bonds. The first-order chi connectivity index (χ1) is 13.0. The van der Waals surface area contributed by atoms with Gasteiger partial charge in [-0.1, -0.05) is 58.2 Å². The largest absolute Gasteiger partial charge is 0.483 e. The van der Waals surface area contributed by atoms with Crippen molar-refractivity contribution in [3.63, 3.8) is 0 Å². The van der Waals surface area contributed by atoms with Crippen molar-refractivity contribution in [2.75, 3.05) is 6.61 Å². The van der Waals surface area contributed by atoms with Crippen molar-refractivity contribution in [1.29, 1.82) is 0 Å². The van der Waals surface area contributed by atoms with Crippen LogP contribution in [0.5, 0.6) is 5.75 Å². The van der Waals surface area contributed by atoms with Crippen LogP contribution in [0.25, 0.3) is 0 Å². The number of hydrogen-bond donors (Lipinski definition) is 0. The third-order valence-corrected chi connectivity index (χ3v) is 5.37. The van der Waals surface area contributed by atoms with Crippen LogP contribution >= 0.6 is 0 Å². The Hall–Kier alpha value is -2.10. The molecule has 2 rings (SSSR count). The number of carbonyl (C=O) groups is 1. The van der Waals surface area contributed by atoms with E-state index in [0.29, 0.717) is 5.92 Å². The minimum atomic E-state index is -0.116. The van der Waals surface area contributed by atoms with Gasteiger partial charge in [0, 0.05) is 5.69 Å². The van der Waals surface area contributed by atoms with E-state index in [9.17, 15) is 4.79 Å². The van der Waals surface area contributed by atoms with Crippen molar-refractivity contribution in [1.82, 2.24) is 9.78 Å². The summed E-state index contributed by atoms with van der Waals surface area (Å²) in [5, 5.41) is 4.48. The van der Waals surface area contributed by atoms with E-state index in [-0.39, 0.29) is 12.5 Å². The second-order valence-electron chi connectivity index (χ2n) is 7.40. The molecule has 27 heavy (non-hydrogen) atoms. The highest BCUT2D eigenvalue weighted by Gasteiger charge is 2.18. The van der Waals surface area contributed by atoms with Gasteiger partial charge in [-0.15, -0.1) is 0 Å². The Morgan fingerprint density at radius 2 is 1.89 bits per heavy atom. The second-order valence-corrected chi connectivity index (χ2v) is 7.40. The van der Waals surface area contributed by atoms with Crippen LogP contribution in [0.2, 0.25) is 0 Å². The summed E-state index contributed by atoms with van der Waals surface area (Å²) < 4.78 is 7.41. The summed E-state index contributed by atoms with van der Waals surface area (Å²) in [6, 6.07) is 7.98. The van der Waals surface area contributed by atoms with E-state index in [0.717, 1.165) is 42.0 Å². The molecule has 1 heterocycles. The fourth-order valence-corrected chi connectivity index (χ4v) is 3.45. The zero-order valence-electron chi connectivity index (χ0n) is 17.5. The standard InChI is InChI=1S/C23H34N2O2/c1-6-8-9-10-14-21-18(4)24-25(19(21)5)23(26)16-27-22-15-12-11-13-20(22)17(3)7-2/h11-13,15,17H,6-10,14,16H2,1-5H3. The molecule has 0 aliphatic carbocycles. The van der Waals surface area contributed by atoms with Crippen LogP contribution in [0.3, 0.4) is 0 Å². The van der Waals surface area contributed by atoms with E-state index in [4.69, 9.17) is 4.74 Å². The van der Waals surface area contributed by atoms with Gasteiger partial charge in [-0.2, -0.15) is 5.10 Å². The summed E-state index contributed by atoms with van der Waals surface area (Å²) in [6.45, 7) is 10.5. The van der Waals surface area contributed by atoms with E-state index < -0.39 is 0 Å². The molecule has 4 nitrogen and oxygen atoms in total. The summed E-state index contributed by atoms with van der Waals surface area (Å²) in [4.78, 5) is 12.7. The first-order valence-corrected chi connectivity index (χ1v) is 10.3. The Bertz CT molecular complexity index is 749. The average molecular weight is 371 g/mol.